The number of likely N-dealkylation sites (tertiary alicyclic amines) is 1. The van der Waals surface area contributed by atoms with Crippen LogP contribution in [0.25, 0.3) is 39.2 Å². The highest BCUT2D eigenvalue weighted by Gasteiger charge is 2.51. The number of aryl methyl sites for hydroxylation is 1. The lowest BCUT2D eigenvalue weighted by Gasteiger charge is -2.29. The number of amides is 2. The van der Waals surface area contributed by atoms with E-state index in [0.29, 0.717) is 50.3 Å². The minimum absolute atomic E-state index is 0.0439. The van der Waals surface area contributed by atoms with Crippen molar-refractivity contribution in [2.45, 2.75) is 46.1 Å². The maximum absolute atomic E-state index is 14.0. The van der Waals surface area contributed by atoms with E-state index in [-0.39, 0.29) is 17.9 Å². The van der Waals surface area contributed by atoms with E-state index in [1.165, 1.54) is 5.57 Å². The predicted octanol–water partition coefficient (Wildman–Crippen LogP) is 5.52. The van der Waals surface area contributed by atoms with Crippen LogP contribution in [-0.2, 0) is 9.59 Å². The third-order valence-electron chi connectivity index (χ3n) is 10.1. The first-order valence-electron chi connectivity index (χ1n) is 17.3. The van der Waals surface area contributed by atoms with Gasteiger partial charge in [-0.25, -0.2) is 4.98 Å². The molecule has 2 fully saturated rings. The fourth-order valence-electron chi connectivity index (χ4n) is 7.45. The molecule has 5 aromatic rings. The largest absolute Gasteiger partial charge is 0.475 e. The maximum Gasteiger partial charge on any atom is 0.257 e. The Morgan fingerprint density at radius 2 is 1.82 bits per heavy atom. The van der Waals surface area contributed by atoms with E-state index < -0.39 is 5.41 Å². The number of pyridine rings is 1. The fourth-order valence-corrected chi connectivity index (χ4v) is 7.45. The average Bonchev–Trinajstić information content (AvgIpc) is 3.92. The smallest absolute Gasteiger partial charge is 0.257 e. The Labute approximate surface area is 290 Å². The quantitative estimate of drug-likeness (QED) is 0.226. The Bertz CT molecular complexity index is 2080. The van der Waals surface area contributed by atoms with Gasteiger partial charge < -0.3 is 19.1 Å². The van der Waals surface area contributed by atoms with E-state index in [9.17, 15) is 9.59 Å². The molecular formula is C38H40N8O4. The number of carbonyl (C=O) groups is 2. The molecule has 8 rings (SSSR count). The Hall–Kier alpha value is -5.36. The van der Waals surface area contributed by atoms with Crippen LogP contribution in [0.4, 0.5) is 5.69 Å². The number of aromatic nitrogens is 5. The summed E-state index contributed by atoms with van der Waals surface area (Å²) in [5.74, 6) is 1.94. The van der Waals surface area contributed by atoms with Crippen molar-refractivity contribution in [3.63, 3.8) is 0 Å². The molecule has 256 valence electrons. The van der Waals surface area contributed by atoms with Gasteiger partial charge in [0.05, 0.1) is 23.6 Å². The van der Waals surface area contributed by atoms with Crippen LogP contribution in [0.15, 0.2) is 71.4 Å². The summed E-state index contributed by atoms with van der Waals surface area (Å²) < 4.78 is 11.0. The number of nitrogens with one attached hydrogen (secondary N) is 1. The van der Waals surface area contributed by atoms with Crippen molar-refractivity contribution in [1.82, 2.24) is 35.1 Å². The van der Waals surface area contributed by atoms with Gasteiger partial charge in [0.1, 0.15) is 5.69 Å². The lowest BCUT2D eigenvalue weighted by Crippen LogP contribution is -2.43. The number of hydrogen-bond acceptors (Lipinski definition) is 9. The molecule has 2 saturated heterocycles. The first-order valence-corrected chi connectivity index (χ1v) is 17.3. The molecule has 1 N–H and O–H groups in total. The number of hydrogen-bond donors (Lipinski definition) is 1. The summed E-state index contributed by atoms with van der Waals surface area (Å²) in [4.78, 5) is 42.2. The van der Waals surface area contributed by atoms with Crippen molar-refractivity contribution in [3.05, 3.63) is 78.3 Å². The number of anilines is 1. The molecule has 3 aromatic heterocycles. The second kappa shape index (κ2) is 12.8. The summed E-state index contributed by atoms with van der Waals surface area (Å²) in [6.07, 6.45) is 6.28. The Morgan fingerprint density at radius 1 is 1.02 bits per heavy atom. The normalized spacial score (nSPS) is 19.7. The summed E-state index contributed by atoms with van der Waals surface area (Å²) in [7, 11) is 0. The van der Waals surface area contributed by atoms with Crippen molar-refractivity contribution in [2.75, 3.05) is 44.2 Å². The maximum atomic E-state index is 14.0. The summed E-state index contributed by atoms with van der Waals surface area (Å²) >= 11 is 0. The number of carbonyl (C=O) groups excluding carboxylic acids is 2. The highest BCUT2D eigenvalue weighted by atomic mass is 16.5. The van der Waals surface area contributed by atoms with Gasteiger partial charge >= 0.3 is 0 Å². The molecule has 0 radical (unpaired) electrons. The number of aromatic amines is 1. The fraction of sp³-hybridized carbons (Fsp3) is 0.368. The Kier molecular flexibility index (Phi) is 8.18. The van der Waals surface area contributed by atoms with Crippen molar-refractivity contribution in [2.24, 2.45) is 5.41 Å². The van der Waals surface area contributed by atoms with Gasteiger partial charge in [0.15, 0.2) is 5.82 Å². The third kappa shape index (κ3) is 6.04. The first kappa shape index (κ1) is 31.9. The van der Waals surface area contributed by atoms with Crippen LogP contribution in [0.1, 0.15) is 44.5 Å². The van der Waals surface area contributed by atoms with Crippen molar-refractivity contribution >= 4 is 34.0 Å². The lowest BCUT2D eigenvalue weighted by molar-refractivity contribution is -0.132. The zero-order valence-electron chi connectivity index (χ0n) is 28.6. The van der Waals surface area contributed by atoms with Gasteiger partial charge in [-0.05, 0) is 94.1 Å². The molecule has 12 nitrogen and oxygen atoms in total. The van der Waals surface area contributed by atoms with Gasteiger partial charge in [-0.15, -0.1) is 0 Å². The molecule has 0 saturated carbocycles. The van der Waals surface area contributed by atoms with E-state index in [1.54, 1.807) is 13.1 Å². The van der Waals surface area contributed by atoms with Crippen LogP contribution < -0.4 is 9.64 Å². The van der Waals surface area contributed by atoms with Gasteiger partial charge in [0, 0.05) is 60.6 Å². The number of H-pyrrole nitrogens is 1. The molecule has 12 heteroatoms. The standard InChI is InChI=1S/C38H40N8O4/c1-24(2)49-33-11-8-29(21-39-33)35-31-20-30(9-10-32(31)41-42-35)46-19-15-38(37(46)48)14-18-44(23-38)22-34(47)45-16-12-27(13-17-45)26-4-6-28(7-5-26)36-40-25(3)43-50-36/h4-12,20-21,24H,13-19,22-23H2,1-3H3,(H,41,42). The number of benzene rings is 2. The molecule has 2 amide bonds. The molecule has 1 unspecified atom stereocenters. The van der Waals surface area contributed by atoms with Crippen molar-refractivity contribution in [1.29, 1.82) is 0 Å². The molecule has 0 bridgehead atoms. The second-order valence-electron chi connectivity index (χ2n) is 13.8. The van der Waals surface area contributed by atoms with Crippen molar-refractivity contribution in [3.8, 4) is 28.6 Å². The highest BCUT2D eigenvalue weighted by molar-refractivity contribution is 6.03. The summed E-state index contributed by atoms with van der Waals surface area (Å²) in [6, 6.07) is 17.9. The number of nitrogens with zero attached hydrogens (tertiary/aromatic N) is 7. The SMILES string of the molecule is Cc1noc(-c2ccc(C3=CCN(C(=O)CN4CCC5(CCN(c6ccc7[nH]nc(-c8ccc(OC(C)C)nc8)c7c6)C5=O)C4)CC3)cc2)n1. The molecule has 1 atom stereocenters. The van der Waals surface area contributed by atoms with Crippen molar-refractivity contribution < 1.29 is 18.8 Å². The molecule has 1 spiro atoms. The van der Waals surface area contributed by atoms with E-state index in [4.69, 9.17) is 9.26 Å². The number of fused-ring (bicyclic) bond motifs is 1. The van der Waals surface area contributed by atoms with Crippen LogP contribution in [0.2, 0.25) is 0 Å². The molecular weight excluding hydrogens is 632 g/mol. The lowest BCUT2D eigenvalue weighted by atomic mass is 9.85. The average molecular weight is 673 g/mol. The van der Waals surface area contributed by atoms with Gasteiger partial charge in [0.2, 0.25) is 17.7 Å². The zero-order chi connectivity index (χ0) is 34.4. The second-order valence-corrected chi connectivity index (χ2v) is 13.8. The molecule has 50 heavy (non-hydrogen) atoms. The number of ether oxygens (including phenoxy) is 1. The Balaban J connectivity index is 0.889. The minimum Gasteiger partial charge on any atom is -0.475 e. The van der Waals surface area contributed by atoms with Gasteiger partial charge in [0.25, 0.3) is 5.89 Å². The highest BCUT2D eigenvalue weighted by Crippen LogP contribution is 2.43. The zero-order valence-corrected chi connectivity index (χ0v) is 28.6. The van der Waals surface area contributed by atoms with Crippen LogP contribution >= 0.6 is 0 Å². The van der Waals surface area contributed by atoms with E-state index in [0.717, 1.165) is 64.8 Å². The summed E-state index contributed by atoms with van der Waals surface area (Å²) in [6.45, 7) is 9.31. The third-order valence-corrected chi connectivity index (χ3v) is 10.1. The first-order chi connectivity index (χ1) is 24.2. The Morgan fingerprint density at radius 3 is 2.54 bits per heavy atom. The van der Waals surface area contributed by atoms with Gasteiger partial charge in [-0.3, -0.25) is 19.6 Å². The van der Waals surface area contributed by atoms with Gasteiger partial charge in [-0.1, -0.05) is 23.4 Å². The van der Waals surface area contributed by atoms with E-state index in [2.05, 4.69) is 48.4 Å². The minimum atomic E-state index is -0.467. The van der Waals surface area contributed by atoms with Crippen LogP contribution in [-0.4, -0.2) is 92.3 Å². The predicted molar refractivity (Wildman–Crippen MR) is 189 cm³/mol. The molecule has 2 aromatic carbocycles. The van der Waals surface area contributed by atoms with E-state index in [1.807, 2.05) is 66.1 Å². The van der Waals surface area contributed by atoms with Crippen LogP contribution in [0.3, 0.4) is 0 Å². The molecule has 3 aliphatic heterocycles. The monoisotopic (exact) mass is 672 g/mol. The van der Waals surface area contributed by atoms with Crippen LogP contribution in [0.5, 0.6) is 5.88 Å². The molecule has 0 aliphatic carbocycles. The summed E-state index contributed by atoms with van der Waals surface area (Å²) in [5.41, 5.74) is 6.19. The van der Waals surface area contributed by atoms with Crippen LogP contribution in [0, 0.1) is 12.3 Å². The summed E-state index contributed by atoms with van der Waals surface area (Å²) in [5, 5.41) is 12.5. The topological polar surface area (TPSA) is 134 Å². The number of rotatable bonds is 8. The van der Waals surface area contributed by atoms with E-state index >= 15 is 0 Å². The molecule has 6 heterocycles. The molecule has 3 aliphatic rings. The van der Waals surface area contributed by atoms with Gasteiger partial charge in [-0.2, -0.15) is 10.1 Å².